The monoisotopic (exact) mass is 744 g/mol. The Bertz CT molecular complexity index is 1870. The van der Waals surface area contributed by atoms with E-state index in [2.05, 4.69) is 43.4 Å². The summed E-state index contributed by atoms with van der Waals surface area (Å²) in [7, 11) is 1.59. The van der Waals surface area contributed by atoms with Gasteiger partial charge in [-0.1, -0.05) is 54.6 Å². The van der Waals surface area contributed by atoms with Gasteiger partial charge in [0.2, 0.25) is 0 Å². The lowest BCUT2D eigenvalue weighted by molar-refractivity contribution is -0.0926. The second-order valence-corrected chi connectivity index (χ2v) is 14.8. The van der Waals surface area contributed by atoms with Gasteiger partial charge < -0.3 is 28.0 Å². The van der Waals surface area contributed by atoms with E-state index in [1.165, 1.54) is 10.8 Å². The van der Waals surface area contributed by atoms with Crippen LogP contribution in [0.15, 0.2) is 94.6 Å². The fourth-order valence-electron chi connectivity index (χ4n) is 6.62. The normalized spacial score (nSPS) is 18.0. The molecule has 1 aromatic heterocycles. The first kappa shape index (κ1) is 39.9. The molecule has 3 aromatic carbocycles. The Morgan fingerprint density at radius 1 is 0.925 bits per heavy atom. The van der Waals surface area contributed by atoms with E-state index in [0.29, 0.717) is 17.1 Å². The third-order valence-corrected chi connectivity index (χ3v) is 11.3. The van der Waals surface area contributed by atoms with Crippen molar-refractivity contribution in [2.75, 3.05) is 27.4 Å². The van der Waals surface area contributed by atoms with Gasteiger partial charge in [-0.15, -0.1) is 0 Å². The maximum absolute atomic E-state index is 13.1. The van der Waals surface area contributed by atoms with Crippen LogP contribution in [0.3, 0.4) is 0 Å². The van der Waals surface area contributed by atoms with Gasteiger partial charge in [0.15, 0.2) is 0 Å². The summed E-state index contributed by atoms with van der Waals surface area (Å²) in [6.45, 7) is 10.2. The molecule has 12 nitrogen and oxygen atoms in total. The Morgan fingerprint density at radius 2 is 1.49 bits per heavy atom. The molecule has 4 aromatic rings. The molecule has 53 heavy (non-hydrogen) atoms. The largest absolute Gasteiger partial charge is 0.497 e. The lowest BCUT2D eigenvalue weighted by Gasteiger charge is -2.39. The highest BCUT2D eigenvalue weighted by molar-refractivity contribution is 7.44. The molecule has 4 atom stereocenters. The van der Waals surface area contributed by atoms with E-state index in [1.807, 2.05) is 78.9 Å². The van der Waals surface area contributed by atoms with Crippen molar-refractivity contribution in [3.05, 3.63) is 128 Å². The van der Waals surface area contributed by atoms with Gasteiger partial charge in [0, 0.05) is 30.3 Å². The molecule has 2 heterocycles. The zero-order chi connectivity index (χ0) is 38.1. The average Bonchev–Trinajstić information content (AvgIpc) is 3.56. The summed E-state index contributed by atoms with van der Waals surface area (Å²) < 4.78 is 41.6. The second-order valence-electron chi connectivity index (χ2n) is 13.3. The molecule has 0 radical (unpaired) electrons. The van der Waals surface area contributed by atoms with Gasteiger partial charge in [-0.2, -0.15) is 5.26 Å². The number of aromatic nitrogens is 2. The molecule has 1 fully saturated rings. The molecule has 13 heteroatoms. The van der Waals surface area contributed by atoms with E-state index in [1.54, 1.807) is 21.1 Å². The molecular formula is C40H49N4O8P. The molecule has 0 saturated carbocycles. The summed E-state index contributed by atoms with van der Waals surface area (Å²) in [5.41, 5.74) is 0.779. The van der Waals surface area contributed by atoms with Gasteiger partial charge in [0.1, 0.15) is 29.4 Å². The zero-order valence-electron chi connectivity index (χ0n) is 31.4. The Kier molecular flexibility index (Phi) is 13.6. The minimum absolute atomic E-state index is 0.0376. The van der Waals surface area contributed by atoms with Gasteiger partial charge in [-0.3, -0.25) is 14.3 Å². The fourth-order valence-corrected chi connectivity index (χ4v) is 8.38. The van der Waals surface area contributed by atoms with Crippen molar-refractivity contribution in [2.24, 2.45) is 0 Å². The molecule has 0 amide bonds. The molecular weight excluding hydrogens is 695 g/mol. The first-order valence-electron chi connectivity index (χ1n) is 17.7. The molecule has 1 saturated heterocycles. The summed E-state index contributed by atoms with van der Waals surface area (Å²) in [4.78, 5) is 27.8. The maximum atomic E-state index is 13.1. The predicted molar refractivity (Wildman–Crippen MR) is 203 cm³/mol. The maximum Gasteiger partial charge on any atom is 0.330 e. The van der Waals surface area contributed by atoms with Crippen molar-refractivity contribution < 1.29 is 28.0 Å². The van der Waals surface area contributed by atoms with Crippen LogP contribution < -0.4 is 20.7 Å². The van der Waals surface area contributed by atoms with Crippen LogP contribution in [-0.4, -0.2) is 65.9 Å². The number of hydrogen-bond acceptors (Lipinski definition) is 10. The van der Waals surface area contributed by atoms with Gasteiger partial charge in [0.05, 0.1) is 46.0 Å². The van der Waals surface area contributed by atoms with E-state index in [9.17, 15) is 14.9 Å². The number of ether oxygens (including phenoxy) is 4. The SMILES string of the molecule is COc1ccc(C(OC[C@H]2O[C@@H](n3cc(C)c(=O)[nH]c3=O)C[C@H]2OP(OCCC#N)N(C(C)C)C(C)C)(c2ccccc2)c2ccc(OC)cc2)cc1. The molecule has 282 valence electrons. The van der Waals surface area contributed by atoms with Crippen molar-refractivity contribution >= 4 is 8.53 Å². The first-order valence-corrected chi connectivity index (χ1v) is 18.9. The molecule has 1 unspecified atom stereocenters. The van der Waals surface area contributed by atoms with Crippen LogP contribution in [0.5, 0.6) is 11.5 Å². The topological polar surface area (TPSA) is 137 Å². The van der Waals surface area contributed by atoms with Crippen LogP contribution in [0.25, 0.3) is 0 Å². The van der Waals surface area contributed by atoms with Crippen LogP contribution in [0.1, 0.15) is 69.0 Å². The van der Waals surface area contributed by atoms with Crippen molar-refractivity contribution in [1.29, 1.82) is 5.26 Å². The molecule has 1 N–H and O–H groups in total. The number of nitrogens with zero attached hydrogens (tertiary/aromatic N) is 3. The fraction of sp³-hybridized carbons (Fsp3) is 0.425. The number of aryl methyl sites for hydroxylation is 1. The van der Waals surface area contributed by atoms with E-state index >= 15 is 0 Å². The summed E-state index contributed by atoms with van der Waals surface area (Å²) in [5.74, 6) is 1.40. The van der Waals surface area contributed by atoms with Gasteiger partial charge in [-0.05, 0) is 75.6 Å². The summed E-state index contributed by atoms with van der Waals surface area (Å²) in [6.07, 6.45) is -0.0783. The molecule has 0 spiro atoms. The predicted octanol–water partition coefficient (Wildman–Crippen LogP) is 6.82. The van der Waals surface area contributed by atoms with Crippen molar-refractivity contribution in [2.45, 2.75) is 83.6 Å². The zero-order valence-corrected chi connectivity index (χ0v) is 32.2. The molecule has 1 aliphatic rings. The standard InChI is InChI=1S/C40H49N4O8P/c1-27(2)44(28(3)4)53(50-23-11-22-41)52-35-24-37(43-25-29(5)38(45)42-39(43)46)51-36(35)26-49-40(30-12-9-8-10-13-30,31-14-18-33(47-6)19-15-31)32-16-20-34(48-7)21-17-32/h8-10,12-21,25,27-28,35-37H,11,23-24,26H2,1-7H3,(H,42,45,46)/t35-,36-,37-,53?/m1/s1. The highest BCUT2D eigenvalue weighted by atomic mass is 31.2. The Morgan fingerprint density at radius 3 is 2.02 bits per heavy atom. The highest BCUT2D eigenvalue weighted by Crippen LogP contribution is 2.50. The third-order valence-electron chi connectivity index (χ3n) is 9.16. The van der Waals surface area contributed by atoms with Crippen LogP contribution >= 0.6 is 8.53 Å². The van der Waals surface area contributed by atoms with E-state index in [0.717, 1.165) is 16.7 Å². The lowest BCUT2D eigenvalue weighted by atomic mass is 9.80. The van der Waals surface area contributed by atoms with Crippen molar-refractivity contribution in [3.63, 3.8) is 0 Å². The minimum Gasteiger partial charge on any atom is -0.497 e. The smallest absolute Gasteiger partial charge is 0.330 e. The lowest BCUT2D eigenvalue weighted by Crippen LogP contribution is -2.39. The third kappa shape index (κ3) is 9.07. The van der Waals surface area contributed by atoms with Crippen LogP contribution in [0.2, 0.25) is 0 Å². The molecule has 0 bridgehead atoms. The Balaban J connectivity index is 1.60. The number of benzene rings is 3. The van der Waals surface area contributed by atoms with E-state index in [4.69, 9.17) is 28.0 Å². The number of H-pyrrole nitrogens is 1. The van der Waals surface area contributed by atoms with Crippen molar-refractivity contribution in [3.8, 4) is 17.6 Å². The summed E-state index contributed by atoms with van der Waals surface area (Å²) >= 11 is 0. The second kappa shape index (κ2) is 18.1. The van der Waals surface area contributed by atoms with E-state index < -0.39 is 43.8 Å². The van der Waals surface area contributed by atoms with Gasteiger partial charge in [-0.25, -0.2) is 9.46 Å². The van der Waals surface area contributed by atoms with Gasteiger partial charge >= 0.3 is 5.69 Å². The van der Waals surface area contributed by atoms with Crippen molar-refractivity contribution in [1.82, 2.24) is 14.2 Å². The van der Waals surface area contributed by atoms with Crippen LogP contribution in [0, 0.1) is 18.3 Å². The van der Waals surface area contributed by atoms with Gasteiger partial charge in [0.25, 0.3) is 14.1 Å². The van der Waals surface area contributed by atoms with Crippen LogP contribution in [-0.2, 0) is 24.1 Å². The van der Waals surface area contributed by atoms with E-state index in [-0.39, 0.29) is 38.1 Å². The first-order chi connectivity index (χ1) is 25.5. The van der Waals surface area contributed by atoms with Crippen LogP contribution in [0.4, 0.5) is 0 Å². The molecule has 1 aliphatic heterocycles. The number of nitriles is 1. The summed E-state index contributed by atoms with van der Waals surface area (Å²) in [5, 5.41) is 9.29. The number of nitrogens with one attached hydrogen (secondary N) is 1. The highest BCUT2D eigenvalue weighted by Gasteiger charge is 2.45. The number of rotatable bonds is 17. The Labute approximate surface area is 312 Å². The number of hydrogen-bond donors (Lipinski definition) is 1. The summed E-state index contributed by atoms with van der Waals surface area (Å²) in [6, 6.07) is 27.8. The molecule has 0 aliphatic carbocycles. The number of methoxy groups -OCH3 is 2. The Hall–Kier alpha value is -4.34. The molecule has 5 rings (SSSR count). The average molecular weight is 745 g/mol. The quantitative estimate of drug-likeness (QED) is 0.0697. The minimum atomic E-state index is -1.67. The number of aromatic amines is 1.